The minimum Gasteiger partial charge on any atom is -0.497 e. The van der Waals surface area contributed by atoms with E-state index >= 15 is 0 Å². The molecule has 134 valence electrons. The molecule has 0 saturated carbocycles. The van der Waals surface area contributed by atoms with Crippen molar-refractivity contribution in [1.29, 1.82) is 0 Å². The van der Waals surface area contributed by atoms with E-state index in [2.05, 4.69) is 10.1 Å². The number of benzene rings is 2. The van der Waals surface area contributed by atoms with Gasteiger partial charge >= 0.3 is 5.97 Å². The van der Waals surface area contributed by atoms with E-state index in [1.807, 2.05) is 46.3 Å². The number of methoxy groups -OCH3 is 1. The first-order valence-electron chi connectivity index (χ1n) is 8.16. The van der Waals surface area contributed by atoms with Crippen LogP contribution in [0.5, 0.6) is 5.75 Å². The van der Waals surface area contributed by atoms with Gasteiger partial charge in [0.1, 0.15) is 5.75 Å². The standard InChI is InChI=1S/C20H15N3O3S/c1-25-16-9-7-15(8-10-16)19(24)26-21-13-17-18(14-5-3-2-4-6-14)22-20-23(17)11-12-27-20/h2-13H,1H3/b21-13+. The third kappa shape index (κ3) is 3.45. The van der Waals surface area contributed by atoms with Gasteiger partial charge in [0.05, 0.1) is 30.3 Å². The Bertz CT molecular complexity index is 1100. The largest absolute Gasteiger partial charge is 0.497 e. The van der Waals surface area contributed by atoms with Crippen molar-refractivity contribution in [2.45, 2.75) is 0 Å². The maximum atomic E-state index is 12.1. The molecule has 2 aromatic heterocycles. The van der Waals surface area contributed by atoms with E-state index in [-0.39, 0.29) is 0 Å². The quantitative estimate of drug-likeness (QED) is 0.296. The molecule has 0 spiro atoms. The van der Waals surface area contributed by atoms with E-state index in [1.54, 1.807) is 31.4 Å². The van der Waals surface area contributed by atoms with E-state index < -0.39 is 5.97 Å². The first kappa shape index (κ1) is 17.0. The van der Waals surface area contributed by atoms with Gasteiger partial charge in [0, 0.05) is 17.1 Å². The number of hydrogen-bond donors (Lipinski definition) is 0. The number of oxime groups is 1. The normalized spacial score (nSPS) is 11.1. The summed E-state index contributed by atoms with van der Waals surface area (Å²) in [5.41, 5.74) is 2.90. The lowest BCUT2D eigenvalue weighted by atomic mass is 10.1. The van der Waals surface area contributed by atoms with Gasteiger partial charge in [-0.3, -0.25) is 4.40 Å². The number of rotatable bonds is 5. The molecular formula is C20H15N3O3S. The number of thiazole rings is 1. The minimum atomic E-state index is -0.541. The molecule has 4 aromatic rings. The fourth-order valence-corrected chi connectivity index (χ4v) is 3.36. The van der Waals surface area contributed by atoms with Crippen LogP contribution in [0.2, 0.25) is 0 Å². The zero-order chi connectivity index (χ0) is 18.6. The highest BCUT2D eigenvalue weighted by Crippen LogP contribution is 2.25. The summed E-state index contributed by atoms with van der Waals surface area (Å²) < 4.78 is 6.99. The summed E-state index contributed by atoms with van der Waals surface area (Å²) in [5, 5.41) is 5.83. The number of ether oxygens (including phenoxy) is 1. The lowest BCUT2D eigenvalue weighted by molar-refractivity contribution is 0.0519. The number of fused-ring (bicyclic) bond motifs is 1. The van der Waals surface area contributed by atoms with Gasteiger partial charge in [-0.1, -0.05) is 35.5 Å². The van der Waals surface area contributed by atoms with E-state index in [1.165, 1.54) is 17.6 Å². The van der Waals surface area contributed by atoms with E-state index in [9.17, 15) is 4.79 Å². The molecule has 0 amide bonds. The lowest BCUT2D eigenvalue weighted by Crippen LogP contribution is -2.01. The Morgan fingerprint density at radius 3 is 2.67 bits per heavy atom. The van der Waals surface area contributed by atoms with Crippen molar-refractivity contribution in [1.82, 2.24) is 9.38 Å². The second kappa shape index (κ2) is 7.43. The third-order valence-corrected chi connectivity index (χ3v) is 4.74. The lowest BCUT2D eigenvalue weighted by Gasteiger charge is -2.01. The monoisotopic (exact) mass is 377 g/mol. The van der Waals surface area contributed by atoms with Gasteiger partial charge in [-0.15, -0.1) is 11.3 Å². The van der Waals surface area contributed by atoms with Crippen LogP contribution < -0.4 is 4.74 Å². The van der Waals surface area contributed by atoms with Crippen LogP contribution in [0.15, 0.2) is 71.3 Å². The Morgan fingerprint density at radius 1 is 1.15 bits per heavy atom. The molecular weight excluding hydrogens is 362 g/mol. The van der Waals surface area contributed by atoms with Crippen LogP contribution in [0.1, 0.15) is 16.1 Å². The molecule has 0 aliphatic heterocycles. The predicted octanol–water partition coefficient (Wildman–Crippen LogP) is 4.26. The summed E-state index contributed by atoms with van der Waals surface area (Å²) in [6, 6.07) is 16.5. The summed E-state index contributed by atoms with van der Waals surface area (Å²) >= 11 is 1.53. The summed E-state index contributed by atoms with van der Waals surface area (Å²) in [5.74, 6) is 0.128. The van der Waals surface area contributed by atoms with Crippen LogP contribution in [0, 0.1) is 0 Å². The van der Waals surface area contributed by atoms with Crippen molar-refractivity contribution in [2.75, 3.05) is 7.11 Å². The fraction of sp³-hybridized carbons (Fsp3) is 0.0500. The maximum Gasteiger partial charge on any atom is 0.365 e. The van der Waals surface area contributed by atoms with Crippen molar-refractivity contribution in [3.8, 4) is 17.0 Å². The average Bonchev–Trinajstić information content (AvgIpc) is 3.31. The van der Waals surface area contributed by atoms with E-state index in [4.69, 9.17) is 9.57 Å². The zero-order valence-corrected chi connectivity index (χ0v) is 15.2. The number of hydrogen-bond acceptors (Lipinski definition) is 6. The molecule has 6 nitrogen and oxygen atoms in total. The number of nitrogens with zero attached hydrogens (tertiary/aromatic N) is 3. The van der Waals surface area contributed by atoms with Gasteiger partial charge in [-0.05, 0) is 24.3 Å². The van der Waals surface area contributed by atoms with Crippen molar-refractivity contribution >= 4 is 28.5 Å². The van der Waals surface area contributed by atoms with Gasteiger partial charge < -0.3 is 9.57 Å². The number of aromatic nitrogens is 2. The molecule has 2 aromatic carbocycles. The van der Waals surface area contributed by atoms with Crippen molar-refractivity contribution in [2.24, 2.45) is 5.16 Å². The summed E-state index contributed by atoms with van der Waals surface area (Å²) in [6.07, 6.45) is 3.42. The van der Waals surface area contributed by atoms with Gasteiger partial charge in [0.25, 0.3) is 0 Å². The minimum absolute atomic E-state index is 0.394. The van der Waals surface area contributed by atoms with Gasteiger partial charge in [0.15, 0.2) is 4.96 Å². The molecule has 0 radical (unpaired) electrons. The topological polar surface area (TPSA) is 65.2 Å². The molecule has 0 N–H and O–H groups in total. The van der Waals surface area contributed by atoms with Gasteiger partial charge in [-0.2, -0.15) is 0 Å². The molecule has 7 heteroatoms. The first-order chi connectivity index (χ1) is 13.3. The van der Waals surface area contributed by atoms with Crippen LogP contribution in [-0.2, 0) is 4.84 Å². The smallest absolute Gasteiger partial charge is 0.365 e. The summed E-state index contributed by atoms with van der Waals surface area (Å²) in [7, 11) is 1.57. The molecule has 0 aliphatic rings. The molecule has 0 bridgehead atoms. The molecule has 0 aliphatic carbocycles. The Morgan fingerprint density at radius 2 is 1.93 bits per heavy atom. The zero-order valence-electron chi connectivity index (χ0n) is 14.4. The Hall–Kier alpha value is -3.45. The highest BCUT2D eigenvalue weighted by molar-refractivity contribution is 7.15. The fourth-order valence-electron chi connectivity index (χ4n) is 2.64. The van der Waals surface area contributed by atoms with Crippen molar-refractivity contribution in [3.05, 3.63) is 77.4 Å². The maximum absolute atomic E-state index is 12.1. The van der Waals surface area contributed by atoms with Crippen LogP contribution in [-0.4, -0.2) is 28.7 Å². The van der Waals surface area contributed by atoms with Gasteiger partial charge in [0.2, 0.25) is 0 Å². The van der Waals surface area contributed by atoms with Crippen molar-refractivity contribution in [3.63, 3.8) is 0 Å². The molecule has 4 rings (SSSR count). The third-order valence-electron chi connectivity index (χ3n) is 3.98. The van der Waals surface area contributed by atoms with E-state index in [0.29, 0.717) is 11.3 Å². The van der Waals surface area contributed by atoms with Crippen LogP contribution in [0.4, 0.5) is 0 Å². The number of imidazole rings is 1. The molecule has 0 fully saturated rings. The highest BCUT2D eigenvalue weighted by Gasteiger charge is 2.14. The predicted molar refractivity (Wildman–Crippen MR) is 105 cm³/mol. The molecule has 0 saturated heterocycles. The van der Waals surface area contributed by atoms with Crippen LogP contribution in [0.25, 0.3) is 16.2 Å². The van der Waals surface area contributed by atoms with Gasteiger partial charge in [-0.25, -0.2) is 9.78 Å². The van der Waals surface area contributed by atoms with Crippen LogP contribution >= 0.6 is 11.3 Å². The summed E-state index contributed by atoms with van der Waals surface area (Å²) in [4.78, 5) is 22.7. The molecule has 0 atom stereocenters. The SMILES string of the molecule is COc1ccc(C(=O)O/N=C/c2c(-c3ccccc3)nc3sccn23)cc1. The first-order valence-corrected chi connectivity index (χ1v) is 9.04. The molecule has 2 heterocycles. The Balaban J connectivity index is 1.59. The van der Waals surface area contributed by atoms with Crippen molar-refractivity contribution < 1.29 is 14.4 Å². The Labute approximate surface area is 159 Å². The molecule has 0 unspecified atom stereocenters. The van der Waals surface area contributed by atoms with E-state index in [0.717, 1.165) is 21.9 Å². The Kier molecular flexibility index (Phi) is 4.67. The second-order valence-electron chi connectivity index (χ2n) is 5.61. The number of carbonyl (C=O) groups excluding carboxylic acids is 1. The highest BCUT2D eigenvalue weighted by atomic mass is 32.1. The second-order valence-corrected chi connectivity index (χ2v) is 6.48. The van der Waals surface area contributed by atoms with Crippen LogP contribution in [0.3, 0.4) is 0 Å². The summed E-state index contributed by atoms with van der Waals surface area (Å²) in [6.45, 7) is 0. The molecule has 27 heavy (non-hydrogen) atoms. The average molecular weight is 377 g/mol. The number of carbonyl (C=O) groups is 1.